The normalized spacial score (nSPS) is 9.76. The molecular weight excluding hydrogens is 220 g/mol. The number of aromatic nitrogens is 2. The van der Waals surface area contributed by atoms with Crippen LogP contribution in [0.2, 0.25) is 0 Å². The van der Waals surface area contributed by atoms with Gasteiger partial charge < -0.3 is 14.2 Å². The third-order valence-electron chi connectivity index (χ3n) is 2.09. The molecule has 5 heteroatoms. The van der Waals surface area contributed by atoms with Crippen LogP contribution in [0.5, 0.6) is 23.1 Å². The highest BCUT2D eigenvalue weighted by Crippen LogP contribution is 2.33. The lowest BCUT2D eigenvalue weighted by molar-refractivity contribution is 0.363. The first-order valence-corrected chi connectivity index (χ1v) is 4.93. The van der Waals surface area contributed by atoms with Crippen LogP contribution in [-0.4, -0.2) is 24.4 Å². The van der Waals surface area contributed by atoms with Crippen molar-refractivity contribution in [3.8, 4) is 23.1 Å². The topological polar surface area (TPSA) is 53.5 Å². The Hall–Kier alpha value is -2.30. The molecular formula is C12H11N2O3. The third-order valence-corrected chi connectivity index (χ3v) is 2.09. The maximum Gasteiger partial charge on any atom is 0.239 e. The predicted octanol–water partition coefficient (Wildman–Crippen LogP) is 2.09. The molecule has 17 heavy (non-hydrogen) atoms. The Labute approximate surface area is 99.0 Å². The van der Waals surface area contributed by atoms with E-state index in [0.29, 0.717) is 23.1 Å². The van der Waals surface area contributed by atoms with Gasteiger partial charge in [-0.05, 0) is 18.2 Å². The Morgan fingerprint density at radius 3 is 2.59 bits per heavy atom. The lowest BCUT2D eigenvalue weighted by Crippen LogP contribution is -1.93. The zero-order valence-corrected chi connectivity index (χ0v) is 9.51. The fourth-order valence-corrected chi connectivity index (χ4v) is 1.28. The second-order valence-corrected chi connectivity index (χ2v) is 3.12. The Balaban J connectivity index is 2.26. The molecule has 0 fully saturated rings. The van der Waals surface area contributed by atoms with Gasteiger partial charge in [0, 0.05) is 12.1 Å². The lowest BCUT2D eigenvalue weighted by Gasteiger charge is -2.10. The van der Waals surface area contributed by atoms with Crippen LogP contribution in [0.4, 0.5) is 0 Å². The minimum atomic E-state index is 0.382. The Morgan fingerprint density at radius 2 is 1.94 bits per heavy atom. The van der Waals surface area contributed by atoms with E-state index in [-0.39, 0.29) is 0 Å². The molecule has 0 spiro atoms. The maximum absolute atomic E-state index is 5.53. The monoisotopic (exact) mass is 231 g/mol. The molecule has 5 nitrogen and oxygen atoms in total. The fourth-order valence-electron chi connectivity index (χ4n) is 1.28. The molecule has 0 aliphatic heterocycles. The summed E-state index contributed by atoms with van der Waals surface area (Å²) >= 11 is 0. The zero-order chi connectivity index (χ0) is 12.1. The van der Waals surface area contributed by atoms with Crippen LogP contribution in [0.1, 0.15) is 0 Å². The van der Waals surface area contributed by atoms with Crippen LogP contribution in [0.25, 0.3) is 0 Å². The Bertz CT molecular complexity index is 488. The molecule has 0 saturated carbocycles. The van der Waals surface area contributed by atoms with Crippen molar-refractivity contribution < 1.29 is 14.2 Å². The maximum atomic E-state index is 5.53. The first kappa shape index (κ1) is 11.2. The van der Waals surface area contributed by atoms with Crippen LogP contribution in [0.3, 0.4) is 0 Å². The summed E-state index contributed by atoms with van der Waals surface area (Å²) in [6.07, 6.45) is 2.57. The van der Waals surface area contributed by atoms with E-state index in [9.17, 15) is 0 Å². The number of hydrogen-bond acceptors (Lipinski definition) is 5. The van der Waals surface area contributed by atoms with E-state index in [4.69, 9.17) is 14.2 Å². The SMILES string of the molecule is COc1ccc(Oc2cc[c]nn2)c(OC)c1. The summed E-state index contributed by atoms with van der Waals surface area (Å²) in [6.45, 7) is 0. The van der Waals surface area contributed by atoms with Crippen molar-refractivity contribution in [2.24, 2.45) is 0 Å². The molecule has 0 amide bonds. The predicted molar refractivity (Wildman–Crippen MR) is 60.5 cm³/mol. The van der Waals surface area contributed by atoms with Crippen molar-refractivity contribution in [2.45, 2.75) is 0 Å². The van der Waals surface area contributed by atoms with Crippen molar-refractivity contribution in [1.82, 2.24) is 10.2 Å². The van der Waals surface area contributed by atoms with Gasteiger partial charge in [0.25, 0.3) is 0 Å². The van der Waals surface area contributed by atoms with Gasteiger partial charge in [0.1, 0.15) is 11.9 Å². The first-order chi connectivity index (χ1) is 8.33. The van der Waals surface area contributed by atoms with Crippen LogP contribution in [0.15, 0.2) is 30.3 Å². The summed E-state index contributed by atoms with van der Waals surface area (Å²) in [5, 5.41) is 7.38. The van der Waals surface area contributed by atoms with Crippen molar-refractivity contribution in [3.05, 3.63) is 36.5 Å². The molecule has 0 bridgehead atoms. The lowest BCUT2D eigenvalue weighted by atomic mass is 10.3. The van der Waals surface area contributed by atoms with Gasteiger partial charge in [-0.2, -0.15) is 0 Å². The summed E-state index contributed by atoms with van der Waals surface area (Å²) in [5.74, 6) is 2.20. The first-order valence-electron chi connectivity index (χ1n) is 4.93. The van der Waals surface area contributed by atoms with Crippen LogP contribution in [-0.2, 0) is 0 Å². The molecule has 1 heterocycles. The van der Waals surface area contributed by atoms with E-state index in [0.717, 1.165) is 0 Å². The van der Waals surface area contributed by atoms with Crippen LogP contribution >= 0.6 is 0 Å². The minimum absolute atomic E-state index is 0.382. The van der Waals surface area contributed by atoms with E-state index >= 15 is 0 Å². The minimum Gasteiger partial charge on any atom is -0.497 e. The molecule has 1 aromatic heterocycles. The molecule has 0 saturated heterocycles. The van der Waals surface area contributed by atoms with Gasteiger partial charge in [0.2, 0.25) is 5.88 Å². The smallest absolute Gasteiger partial charge is 0.239 e. The van der Waals surface area contributed by atoms with Crippen molar-refractivity contribution in [2.75, 3.05) is 14.2 Å². The molecule has 0 aliphatic rings. The van der Waals surface area contributed by atoms with Gasteiger partial charge in [-0.15, -0.1) is 10.2 Å². The molecule has 0 N–H and O–H groups in total. The fraction of sp³-hybridized carbons (Fsp3) is 0.167. The number of rotatable bonds is 4. The van der Waals surface area contributed by atoms with Crippen molar-refractivity contribution >= 4 is 0 Å². The molecule has 2 aromatic rings. The quantitative estimate of drug-likeness (QED) is 0.806. The zero-order valence-electron chi connectivity index (χ0n) is 9.51. The number of methoxy groups -OCH3 is 2. The van der Waals surface area contributed by atoms with Crippen molar-refractivity contribution in [3.63, 3.8) is 0 Å². The van der Waals surface area contributed by atoms with Gasteiger partial charge in [-0.1, -0.05) is 0 Å². The molecule has 1 aromatic carbocycles. The third kappa shape index (κ3) is 2.63. The highest BCUT2D eigenvalue weighted by molar-refractivity contribution is 5.46. The van der Waals surface area contributed by atoms with Gasteiger partial charge in [-0.3, -0.25) is 0 Å². The summed E-state index contributed by atoms with van der Waals surface area (Å²) in [5.41, 5.74) is 0. The Kier molecular flexibility index (Phi) is 3.40. The second-order valence-electron chi connectivity index (χ2n) is 3.12. The van der Waals surface area contributed by atoms with Crippen LogP contribution < -0.4 is 14.2 Å². The summed E-state index contributed by atoms with van der Waals surface area (Å²) in [4.78, 5) is 0. The van der Waals surface area contributed by atoms with E-state index in [1.54, 1.807) is 44.6 Å². The standard InChI is InChI=1S/C12H11N2O3/c1-15-9-5-6-10(11(8-9)16-2)17-12-4-3-7-13-14-12/h3-6,8H,1-2H3. The molecule has 0 unspecified atom stereocenters. The van der Waals surface area contributed by atoms with E-state index in [1.807, 2.05) is 0 Å². The van der Waals surface area contributed by atoms with E-state index in [2.05, 4.69) is 16.4 Å². The van der Waals surface area contributed by atoms with E-state index < -0.39 is 0 Å². The number of benzene rings is 1. The average molecular weight is 231 g/mol. The average Bonchev–Trinajstić information content (AvgIpc) is 2.40. The number of nitrogens with zero attached hydrogens (tertiary/aromatic N) is 2. The molecule has 87 valence electrons. The van der Waals surface area contributed by atoms with Gasteiger partial charge in [0.15, 0.2) is 11.5 Å². The molecule has 0 aliphatic carbocycles. The molecule has 2 rings (SSSR count). The van der Waals surface area contributed by atoms with Crippen molar-refractivity contribution in [1.29, 1.82) is 0 Å². The summed E-state index contributed by atoms with van der Waals surface area (Å²) in [7, 11) is 3.15. The van der Waals surface area contributed by atoms with Gasteiger partial charge in [0.05, 0.1) is 14.2 Å². The van der Waals surface area contributed by atoms with Gasteiger partial charge in [-0.25, -0.2) is 0 Å². The molecule has 0 atom stereocenters. The Morgan fingerprint density at radius 1 is 1.06 bits per heavy atom. The number of hydrogen-bond donors (Lipinski definition) is 0. The van der Waals surface area contributed by atoms with Crippen LogP contribution in [0, 0.1) is 6.20 Å². The largest absolute Gasteiger partial charge is 0.497 e. The second kappa shape index (κ2) is 5.16. The number of ether oxygens (including phenoxy) is 3. The highest BCUT2D eigenvalue weighted by Gasteiger charge is 2.07. The molecule has 1 radical (unpaired) electrons. The van der Waals surface area contributed by atoms with Gasteiger partial charge >= 0.3 is 0 Å². The summed E-state index contributed by atoms with van der Waals surface area (Å²) in [6, 6.07) is 8.54. The van der Waals surface area contributed by atoms with E-state index in [1.165, 1.54) is 0 Å². The summed E-state index contributed by atoms with van der Waals surface area (Å²) < 4.78 is 15.8. The highest BCUT2D eigenvalue weighted by atomic mass is 16.5.